The Morgan fingerprint density at radius 2 is 1.92 bits per heavy atom. The van der Waals surface area contributed by atoms with Gasteiger partial charge in [0.2, 0.25) is 5.95 Å². The maximum absolute atomic E-state index is 9.35. The standard InChI is InChI=1S/C18H31N5O/c1-14-15(2)20-18(23-9-3-4-10-23)21-17(14)19-7-11-22-8-5-6-16(12-22)13-24/h16,24H,3-13H2,1-2H3,(H,19,20,21). The summed E-state index contributed by atoms with van der Waals surface area (Å²) in [6.45, 7) is 10.6. The van der Waals surface area contributed by atoms with Crippen LogP contribution in [0, 0.1) is 19.8 Å². The second kappa shape index (κ2) is 8.12. The SMILES string of the molecule is Cc1nc(N2CCCC2)nc(NCCN2CCCC(CO)C2)c1C. The first-order valence-corrected chi connectivity index (χ1v) is 9.34. The van der Waals surface area contributed by atoms with E-state index in [1.807, 2.05) is 0 Å². The molecular weight excluding hydrogens is 302 g/mol. The zero-order valence-corrected chi connectivity index (χ0v) is 15.1. The fourth-order valence-electron chi connectivity index (χ4n) is 3.68. The van der Waals surface area contributed by atoms with Gasteiger partial charge in [0, 0.05) is 50.6 Å². The third kappa shape index (κ3) is 4.16. The van der Waals surface area contributed by atoms with Crippen LogP contribution in [0.5, 0.6) is 0 Å². The number of hydrogen-bond donors (Lipinski definition) is 2. The van der Waals surface area contributed by atoms with Crippen LogP contribution in [0.15, 0.2) is 0 Å². The normalized spacial score (nSPS) is 22.1. The van der Waals surface area contributed by atoms with Gasteiger partial charge in [0.15, 0.2) is 0 Å². The lowest BCUT2D eigenvalue weighted by molar-refractivity contribution is 0.123. The zero-order valence-electron chi connectivity index (χ0n) is 15.1. The van der Waals surface area contributed by atoms with Crippen LogP contribution in [-0.4, -0.2) is 65.8 Å². The molecule has 6 nitrogen and oxygen atoms in total. The van der Waals surface area contributed by atoms with E-state index in [0.717, 1.165) is 68.7 Å². The zero-order chi connectivity index (χ0) is 16.9. The number of likely N-dealkylation sites (tertiary alicyclic amines) is 1. The molecule has 1 unspecified atom stereocenters. The van der Waals surface area contributed by atoms with Gasteiger partial charge < -0.3 is 20.2 Å². The van der Waals surface area contributed by atoms with Crippen LogP contribution in [0.1, 0.15) is 36.9 Å². The molecule has 2 fully saturated rings. The van der Waals surface area contributed by atoms with Gasteiger partial charge >= 0.3 is 0 Å². The average Bonchev–Trinajstić information content (AvgIpc) is 3.13. The van der Waals surface area contributed by atoms with Gasteiger partial charge in [0.05, 0.1) is 0 Å². The number of aliphatic hydroxyl groups is 1. The highest BCUT2D eigenvalue weighted by atomic mass is 16.3. The van der Waals surface area contributed by atoms with E-state index in [4.69, 9.17) is 4.98 Å². The van der Waals surface area contributed by atoms with E-state index in [2.05, 4.69) is 33.9 Å². The number of rotatable bonds is 6. The van der Waals surface area contributed by atoms with Crippen LogP contribution in [-0.2, 0) is 0 Å². The van der Waals surface area contributed by atoms with Gasteiger partial charge in [0.1, 0.15) is 5.82 Å². The van der Waals surface area contributed by atoms with Crippen LogP contribution in [0.2, 0.25) is 0 Å². The van der Waals surface area contributed by atoms with E-state index >= 15 is 0 Å². The van der Waals surface area contributed by atoms with E-state index in [-0.39, 0.29) is 0 Å². The molecule has 3 rings (SSSR count). The first kappa shape index (κ1) is 17.4. The van der Waals surface area contributed by atoms with Crippen molar-refractivity contribution in [3.8, 4) is 0 Å². The highest BCUT2D eigenvalue weighted by Gasteiger charge is 2.20. The van der Waals surface area contributed by atoms with Gasteiger partial charge in [-0.2, -0.15) is 4.98 Å². The summed E-state index contributed by atoms with van der Waals surface area (Å²) < 4.78 is 0. The molecule has 1 atom stereocenters. The Hall–Kier alpha value is -1.40. The predicted octanol–water partition coefficient (Wildman–Crippen LogP) is 1.81. The Morgan fingerprint density at radius 3 is 2.67 bits per heavy atom. The second-order valence-corrected chi connectivity index (χ2v) is 7.19. The van der Waals surface area contributed by atoms with Crippen molar-refractivity contribution in [1.82, 2.24) is 14.9 Å². The number of anilines is 2. The predicted molar refractivity (Wildman–Crippen MR) is 97.7 cm³/mol. The maximum Gasteiger partial charge on any atom is 0.227 e. The van der Waals surface area contributed by atoms with Crippen LogP contribution in [0.25, 0.3) is 0 Å². The monoisotopic (exact) mass is 333 g/mol. The number of aromatic nitrogens is 2. The number of piperidine rings is 1. The molecule has 2 aliphatic rings. The summed E-state index contributed by atoms with van der Waals surface area (Å²) in [5, 5.41) is 12.9. The molecule has 1 aromatic heterocycles. The van der Waals surface area contributed by atoms with Crippen molar-refractivity contribution in [2.45, 2.75) is 39.5 Å². The summed E-state index contributed by atoms with van der Waals surface area (Å²) in [5.74, 6) is 2.29. The van der Waals surface area contributed by atoms with Crippen molar-refractivity contribution in [1.29, 1.82) is 0 Å². The van der Waals surface area contributed by atoms with Crippen LogP contribution >= 0.6 is 0 Å². The molecule has 24 heavy (non-hydrogen) atoms. The Bertz CT molecular complexity index is 544. The van der Waals surface area contributed by atoms with Gasteiger partial charge in [-0.05, 0) is 52.0 Å². The molecule has 2 N–H and O–H groups in total. The number of nitrogens with one attached hydrogen (secondary N) is 1. The Morgan fingerprint density at radius 1 is 1.12 bits per heavy atom. The summed E-state index contributed by atoms with van der Waals surface area (Å²) in [7, 11) is 0. The third-order valence-electron chi connectivity index (χ3n) is 5.35. The first-order chi connectivity index (χ1) is 11.7. The molecule has 0 saturated carbocycles. The number of hydrogen-bond acceptors (Lipinski definition) is 6. The van der Waals surface area contributed by atoms with Crippen LogP contribution < -0.4 is 10.2 Å². The second-order valence-electron chi connectivity index (χ2n) is 7.19. The molecule has 0 bridgehead atoms. The quantitative estimate of drug-likeness (QED) is 0.828. The lowest BCUT2D eigenvalue weighted by Gasteiger charge is -2.31. The Kier molecular flexibility index (Phi) is 5.89. The topological polar surface area (TPSA) is 64.5 Å². The lowest BCUT2D eigenvalue weighted by atomic mass is 9.99. The summed E-state index contributed by atoms with van der Waals surface area (Å²) in [6.07, 6.45) is 4.82. The summed E-state index contributed by atoms with van der Waals surface area (Å²) in [6, 6.07) is 0. The van der Waals surface area contributed by atoms with E-state index in [9.17, 15) is 5.11 Å². The maximum atomic E-state index is 9.35. The van der Waals surface area contributed by atoms with Crippen LogP contribution in [0.4, 0.5) is 11.8 Å². The molecule has 2 saturated heterocycles. The molecule has 0 spiro atoms. The minimum absolute atomic E-state index is 0.313. The van der Waals surface area contributed by atoms with Gasteiger partial charge in [-0.25, -0.2) is 4.98 Å². The Labute approximate surface area is 145 Å². The largest absolute Gasteiger partial charge is 0.396 e. The summed E-state index contributed by atoms with van der Waals surface area (Å²) in [4.78, 5) is 14.2. The van der Waals surface area contributed by atoms with E-state index < -0.39 is 0 Å². The number of nitrogens with zero attached hydrogens (tertiary/aromatic N) is 4. The molecule has 0 amide bonds. The smallest absolute Gasteiger partial charge is 0.227 e. The number of aryl methyl sites for hydroxylation is 1. The van der Waals surface area contributed by atoms with Gasteiger partial charge in [0.25, 0.3) is 0 Å². The highest BCUT2D eigenvalue weighted by Crippen LogP contribution is 2.22. The molecule has 3 heterocycles. The highest BCUT2D eigenvalue weighted by molar-refractivity contribution is 5.50. The molecule has 2 aliphatic heterocycles. The minimum Gasteiger partial charge on any atom is -0.396 e. The molecule has 0 aliphatic carbocycles. The fraction of sp³-hybridized carbons (Fsp3) is 0.778. The average molecular weight is 333 g/mol. The lowest BCUT2D eigenvalue weighted by Crippen LogP contribution is -2.39. The molecule has 1 aromatic rings. The van der Waals surface area contributed by atoms with Crippen molar-refractivity contribution in [2.24, 2.45) is 5.92 Å². The molecular formula is C18H31N5O. The van der Waals surface area contributed by atoms with Crippen LogP contribution in [0.3, 0.4) is 0 Å². The number of aliphatic hydroxyl groups excluding tert-OH is 1. The molecule has 0 aromatic carbocycles. The van der Waals surface area contributed by atoms with E-state index in [1.54, 1.807) is 0 Å². The summed E-state index contributed by atoms with van der Waals surface area (Å²) >= 11 is 0. The van der Waals surface area contributed by atoms with Crippen molar-refractivity contribution in [2.75, 3.05) is 56.1 Å². The molecule has 6 heteroatoms. The first-order valence-electron chi connectivity index (χ1n) is 9.34. The molecule has 0 radical (unpaired) electrons. The van der Waals surface area contributed by atoms with E-state index in [0.29, 0.717) is 12.5 Å². The molecule has 134 valence electrons. The Balaban J connectivity index is 1.58. The van der Waals surface area contributed by atoms with Crippen molar-refractivity contribution in [3.63, 3.8) is 0 Å². The van der Waals surface area contributed by atoms with Gasteiger partial charge in [-0.1, -0.05) is 0 Å². The fourth-order valence-corrected chi connectivity index (χ4v) is 3.68. The van der Waals surface area contributed by atoms with Gasteiger partial charge in [-0.3, -0.25) is 0 Å². The third-order valence-corrected chi connectivity index (χ3v) is 5.35. The van der Waals surface area contributed by atoms with Crippen molar-refractivity contribution in [3.05, 3.63) is 11.3 Å². The van der Waals surface area contributed by atoms with Gasteiger partial charge in [-0.15, -0.1) is 0 Å². The van der Waals surface area contributed by atoms with Crippen molar-refractivity contribution < 1.29 is 5.11 Å². The minimum atomic E-state index is 0.313. The summed E-state index contributed by atoms with van der Waals surface area (Å²) in [5.41, 5.74) is 2.21. The van der Waals surface area contributed by atoms with Crippen molar-refractivity contribution >= 4 is 11.8 Å². The van der Waals surface area contributed by atoms with E-state index in [1.165, 1.54) is 19.3 Å².